The summed E-state index contributed by atoms with van der Waals surface area (Å²) in [4.78, 5) is 0. The molecule has 0 amide bonds. The van der Waals surface area contributed by atoms with E-state index in [-0.39, 0.29) is 5.54 Å². The molecule has 0 bridgehead atoms. The van der Waals surface area contributed by atoms with E-state index in [4.69, 9.17) is 0 Å². The lowest BCUT2D eigenvalue weighted by molar-refractivity contribution is 0.427. The number of nitrogens with one attached hydrogen (secondary N) is 1. The second-order valence-electron chi connectivity index (χ2n) is 4.46. The summed E-state index contributed by atoms with van der Waals surface area (Å²) in [6.07, 6.45) is 1.95. The summed E-state index contributed by atoms with van der Waals surface area (Å²) in [5, 5.41) is 0. The van der Waals surface area contributed by atoms with E-state index >= 15 is 0 Å². The third-order valence-electron chi connectivity index (χ3n) is 1.84. The van der Waals surface area contributed by atoms with E-state index in [1.807, 2.05) is 20.8 Å². The number of rotatable bonds is 2. The zero-order valence-corrected chi connectivity index (χ0v) is 9.32. The molecule has 0 saturated carbocycles. The van der Waals surface area contributed by atoms with Crippen LogP contribution in [0.5, 0.6) is 0 Å². The van der Waals surface area contributed by atoms with E-state index in [0.717, 1.165) is 12.8 Å². The molecule has 5 heteroatoms. The topological polar surface area (TPSA) is 49.4 Å². The third-order valence-corrected chi connectivity index (χ3v) is 3.76. The molecule has 0 spiro atoms. The van der Waals surface area contributed by atoms with E-state index < -0.39 is 10.2 Å². The van der Waals surface area contributed by atoms with Gasteiger partial charge in [0.25, 0.3) is 10.2 Å². The summed E-state index contributed by atoms with van der Waals surface area (Å²) in [7, 11) is -3.23. The van der Waals surface area contributed by atoms with Crippen LogP contribution in [0.3, 0.4) is 0 Å². The van der Waals surface area contributed by atoms with Crippen molar-refractivity contribution in [3.8, 4) is 0 Å². The normalized spacial score (nSPS) is 20.8. The maximum atomic E-state index is 11.7. The highest BCUT2D eigenvalue weighted by Crippen LogP contribution is 2.13. The van der Waals surface area contributed by atoms with Gasteiger partial charge in [0.2, 0.25) is 0 Å². The largest absolute Gasteiger partial charge is 0.279 e. The van der Waals surface area contributed by atoms with E-state index in [2.05, 4.69) is 4.72 Å². The van der Waals surface area contributed by atoms with Gasteiger partial charge in [0.15, 0.2) is 0 Å². The first-order valence-corrected chi connectivity index (χ1v) is 6.04. The summed E-state index contributed by atoms with van der Waals surface area (Å²) in [6, 6.07) is 0. The van der Waals surface area contributed by atoms with Crippen molar-refractivity contribution >= 4 is 10.2 Å². The van der Waals surface area contributed by atoms with Gasteiger partial charge in [0, 0.05) is 18.6 Å². The zero-order chi connectivity index (χ0) is 10.1. The summed E-state index contributed by atoms with van der Waals surface area (Å²) < 4.78 is 27.5. The molecule has 0 radical (unpaired) electrons. The van der Waals surface area contributed by atoms with Crippen LogP contribution < -0.4 is 4.72 Å². The zero-order valence-electron chi connectivity index (χ0n) is 8.50. The van der Waals surface area contributed by atoms with Gasteiger partial charge in [0.05, 0.1) is 0 Å². The molecule has 1 fully saturated rings. The van der Waals surface area contributed by atoms with Crippen LogP contribution >= 0.6 is 0 Å². The molecule has 0 aromatic rings. The first kappa shape index (κ1) is 10.9. The first-order chi connectivity index (χ1) is 5.81. The van der Waals surface area contributed by atoms with E-state index in [1.54, 1.807) is 0 Å². The van der Waals surface area contributed by atoms with Crippen LogP contribution in [0.2, 0.25) is 0 Å². The molecule has 0 aromatic carbocycles. The van der Waals surface area contributed by atoms with Crippen molar-refractivity contribution in [2.45, 2.75) is 39.2 Å². The Hall–Kier alpha value is -0.130. The molecule has 0 aromatic heterocycles. The molecule has 0 atom stereocenters. The fourth-order valence-electron chi connectivity index (χ4n) is 1.38. The molecular formula is C8H18N2O2S. The average Bonchev–Trinajstić information content (AvgIpc) is 2.29. The van der Waals surface area contributed by atoms with Crippen LogP contribution in [0.4, 0.5) is 0 Å². The molecule has 1 heterocycles. The molecule has 1 aliphatic rings. The van der Waals surface area contributed by atoms with Gasteiger partial charge in [-0.1, -0.05) is 0 Å². The van der Waals surface area contributed by atoms with Gasteiger partial charge in [-0.25, -0.2) is 0 Å². The van der Waals surface area contributed by atoms with Crippen molar-refractivity contribution in [2.24, 2.45) is 0 Å². The molecular weight excluding hydrogens is 188 g/mol. The highest BCUT2D eigenvalue weighted by atomic mass is 32.2. The summed E-state index contributed by atoms with van der Waals surface area (Å²) in [6.45, 7) is 6.86. The van der Waals surface area contributed by atoms with Crippen LogP contribution in [0.25, 0.3) is 0 Å². The molecule has 78 valence electrons. The Balaban J connectivity index is 2.66. The van der Waals surface area contributed by atoms with Crippen LogP contribution in [-0.4, -0.2) is 31.4 Å². The Bertz CT molecular complexity index is 260. The van der Waals surface area contributed by atoms with Crippen molar-refractivity contribution in [3.05, 3.63) is 0 Å². The maximum Gasteiger partial charge on any atom is 0.279 e. The smallest absolute Gasteiger partial charge is 0.197 e. The van der Waals surface area contributed by atoms with Crippen LogP contribution in [0, 0.1) is 0 Å². The van der Waals surface area contributed by atoms with Gasteiger partial charge in [-0.3, -0.25) is 0 Å². The number of hydrogen-bond donors (Lipinski definition) is 1. The lowest BCUT2D eigenvalue weighted by Gasteiger charge is -2.24. The number of nitrogens with zero attached hydrogens (tertiary/aromatic N) is 1. The highest BCUT2D eigenvalue weighted by Gasteiger charge is 2.28. The number of hydrogen-bond acceptors (Lipinski definition) is 2. The van der Waals surface area contributed by atoms with Gasteiger partial charge in [-0.2, -0.15) is 17.4 Å². The van der Waals surface area contributed by atoms with Crippen molar-refractivity contribution in [1.82, 2.24) is 9.03 Å². The molecule has 0 unspecified atom stereocenters. The lowest BCUT2D eigenvalue weighted by Crippen LogP contribution is -2.47. The fraction of sp³-hybridized carbons (Fsp3) is 1.00. The molecule has 1 saturated heterocycles. The monoisotopic (exact) mass is 206 g/mol. The first-order valence-electron chi connectivity index (χ1n) is 4.60. The Kier molecular flexibility index (Phi) is 2.99. The summed E-state index contributed by atoms with van der Waals surface area (Å²) >= 11 is 0. The van der Waals surface area contributed by atoms with Crippen molar-refractivity contribution in [1.29, 1.82) is 0 Å². The standard InChI is InChI=1S/C8H18N2O2S/c1-8(2,3)9-13(11,12)10-6-4-5-7-10/h9H,4-7H2,1-3H3. The minimum Gasteiger partial charge on any atom is -0.197 e. The quantitative estimate of drug-likeness (QED) is 0.723. The Morgan fingerprint density at radius 3 is 2.00 bits per heavy atom. The van der Waals surface area contributed by atoms with Crippen LogP contribution in [-0.2, 0) is 10.2 Å². The second kappa shape index (κ2) is 3.55. The Morgan fingerprint density at radius 2 is 1.62 bits per heavy atom. The van der Waals surface area contributed by atoms with Gasteiger partial charge in [-0.15, -0.1) is 0 Å². The van der Waals surface area contributed by atoms with Gasteiger partial charge in [0.1, 0.15) is 0 Å². The Morgan fingerprint density at radius 1 is 1.15 bits per heavy atom. The highest BCUT2D eigenvalue weighted by molar-refractivity contribution is 7.87. The average molecular weight is 206 g/mol. The molecule has 13 heavy (non-hydrogen) atoms. The maximum absolute atomic E-state index is 11.7. The third kappa shape index (κ3) is 3.25. The predicted molar refractivity (Wildman–Crippen MR) is 52.6 cm³/mol. The summed E-state index contributed by atoms with van der Waals surface area (Å²) in [5.41, 5.74) is -0.387. The van der Waals surface area contributed by atoms with Gasteiger partial charge >= 0.3 is 0 Å². The van der Waals surface area contributed by atoms with Crippen LogP contribution in [0.1, 0.15) is 33.6 Å². The SMILES string of the molecule is CC(C)(C)NS(=O)(=O)N1CCCC1. The van der Waals surface area contributed by atoms with Gasteiger partial charge < -0.3 is 0 Å². The summed E-state index contributed by atoms with van der Waals surface area (Å²) in [5.74, 6) is 0. The van der Waals surface area contributed by atoms with Gasteiger partial charge in [-0.05, 0) is 33.6 Å². The molecule has 1 N–H and O–H groups in total. The second-order valence-corrected chi connectivity index (χ2v) is 6.13. The van der Waals surface area contributed by atoms with E-state index in [9.17, 15) is 8.42 Å². The van der Waals surface area contributed by atoms with E-state index in [1.165, 1.54) is 4.31 Å². The van der Waals surface area contributed by atoms with E-state index in [0.29, 0.717) is 13.1 Å². The Labute approximate surface area is 80.5 Å². The minimum atomic E-state index is -3.23. The molecule has 1 aliphatic heterocycles. The van der Waals surface area contributed by atoms with Crippen molar-refractivity contribution < 1.29 is 8.42 Å². The van der Waals surface area contributed by atoms with Crippen molar-refractivity contribution in [2.75, 3.05) is 13.1 Å². The molecule has 4 nitrogen and oxygen atoms in total. The fourth-order valence-corrected chi connectivity index (χ4v) is 3.02. The lowest BCUT2D eigenvalue weighted by atomic mass is 10.1. The molecule has 0 aliphatic carbocycles. The predicted octanol–water partition coefficient (Wildman–Crippen LogP) is 0.715. The molecule has 1 rings (SSSR count). The minimum absolute atomic E-state index is 0.387. The van der Waals surface area contributed by atoms with Crippen LogP contribution in [0.15, 0.2) is 0 Å². The van der Waals surface area contributed by atoms with Crippen molar-refractivity contribution in [3.63, 3.8) is 0 Å².